The highest BCUT2D eigenvalue weighted by Gasteiger charge is 2.33. The van der Waals surface area contributed by atoms with Gasteiger partial charge in [-0.05, 0) is 24.3 Å². The molecule has 1 unspecified atom stereocenters. The van der Waals surface area contributed by atoms with Crippen molar-refractivity contribution in [1.82, 2.24) is 9.88 Å². The van der Waals surface area contributed by atoms with Crippen LogP contribution in [0, 0.1) is 5.41 Å². The highest BCUT2D eigenvalue weighted by molar-refractivity contribution is 6.34. The molecule has 0 radical (unpaired) electrons. The first-order valence-corrected chi connectivity index (χ1v) is 7.86. The lowest BCUT2D eigenvalue weighted by Crippen LogP contribution is -2.46. The number of benzene rings is 1. The van der Waals surface area contributed by atoms with Crippen LogP contribution in [0.3, 0.4) is 0 Å². The number of hydrogen-bond acceptors (Lipinski definition) is 3. The summed E-state index contributed by atoms with van der Waals surface area (Å²) < 4.78 is 0. The van der Waals surface area contributed by atoms with Crippen molar-refractivity contribution in [3.05, 3.63) is 41.2 Å². The molecule has 1 aromatic heterocycles. The normalized spacial score (nSPS) is 22.0. The van der Waals surface area contributed by atoms with Crippen molar-refractivity contribution in [1.29, 1.82) is 0 Å². The molecule has 1 saturated heterocycles. The maximum absolute atomic E-state index is 12.7. The number of carbonyl (C=O) groups excluding carboxylic acids is 1. The van der Waals surface area contributed by atoms with Gasteiger partial charge in [0, 0.05) is 23.9 Å². The number of hydrogen-bond donors (Lipinski definition) is 1. The lowest BCUT2D eigenvalue weighted by Gasteiger charge is -2.39. The molecule has 0 spiro atoms. The molecule has 2 heterocycles. The number of aromatic nitrogens is 1. The van der Waals surface area contributed by atoms with Gasteiger partial charge in [-0.2, -0.15) is 0 Å². The topological polar surface area (TPSA) is 53.4 Å². The Kier molecular flexibility index (Phi) is 4.06. The van der Waals surface area contributed by atoms with E-state index >= 15 is 0 Å². The number of aliphatic hydroxyl groups is 1. The number of nitrogens with zero attached hydrogens (tertiary/aromatic N) is 2. The third kappa shape index (κ3) is 2.81. The number of likely N-dealkylation sites (tertiary alicyclic amines) is 1. The molecule has 3 rings (SSSR count). The molecule has 1 aliphatic rings. The summed E-state index contributed by atoms with van der Waals surface area (Å²) in [5.74, 6) is -0.118. The van der Waals surface area contributed by atoms with Crippen LogP contribution in [-0.4, -0.2) is 40.6 Å². The molecule has 1 amide bonds. The van der Waals surface area contributed by atoms with Crippen LogP contribution in [0.1, 0.15) is 30.3 Å². The van der Waals surface area contributed by atoms with Gasteiger partial charge in [0.25, 0.3) is 5.91 Å². The van der Waals surface area contributed by atoms with Crippen molar-refractivity contribution in [3.8, 4) is 0 Å². The average molecular weight is 319 g/mol. The second kappa shape index (κ2) is 5.86. The number of carbonyl (C=O) groups is 1. The van der Waals surface area contributed by atoms with Crippen LogP contribution in [0.2, 0.25) is 5.15 Å². The Morgan fingerprint density at radius 3 is 3.00 bits per heavy atom. The Morgan fingerprint density at radius 2 is 2.23 bits per heavy atom. The highest BCUT2D eigenvalue weighted by atomic mass is 35.5. The van der Waals surface area contributed by atoms with E-state index in [9.17, 15) is 9.90 Å². The van der Waals surface area contributed by atoms with Crippen LogP contribution in [0.5, 0.6) is 0 Å². The highest BCUT2D eigenvalue weighted by Crippen LogP contribution is 2.30. The minimum atomic E-state index is -0.228. The molecular weight excluding hydrogens is 300 g/mol. The Labute approximate surface area is 134 Å². The largest absolute Gasteiger partial charge is 0.396 e. The molecule has 1 aliphatic heterocycles. The first-order valence-electron chi connectivity index (χ1n) is 7.48. The Balaban J connectivity index is 1.92. The van der Waals surface area contributed by atoms with E-state index in [1.807, 2.05) is 31.2 Å². The van der Waals surface area contributed by atoms with Crippen molar-refractivity contribution in [3.63, 3.8) is 0 Å². The maximum atomic E-state index is 12.7. The fraction of sp³-hybridized carbons (Fsp3) is 0.412. The summed E-state index contributed by atoms with van der Waals surface area (Å²) in [4.78, 5) is 18.8. The molecule has 22 heavy (non-hydrogen) atoms. The van der Waals surface area contributed by atoms with Crippen LogP contribution < -0.4 is 0 Å². The molecule has 4 nitrogen and oxygen atoms in total. The van der Waals surface area contributed by atoms with Crippen molar-refractivity contribution < 1.29 is 9.90 Å². The number of piperidine rings is 1. The van der Waals surface area contributed by atoms with E-state index in [0.717, 1.165) is 23.6 Å². The van der Waals surface area contributed by atoms with Crippen molar-refractivity contribution in [2.75, 3.05) is 19.7 Å². The van der Waals surface area contributed by atoms with Crippen molar-refractivity contribution in [2.24, 2.45) is 5.41 Å². The fourth-order valence-electron chi connectivity index (χ4n) is 3.05. The summed E-state index contributed by atoms with van der Waals surface area (Å²) in [5, 5.41) is 11.6. The van der Waals surface area contributed by atoms with E-state index < -0.39 is 0 Å². The Morgan fingerprint density at radius 1 is 1.45 bits per heavy atom. The van der Waals surface area contributed by atoms with Gasteiger partial charge in [0.15, 0.2) is 0 Å². The van der Waals surface area contributed by atoms with Gasteiger partial charge in [-0.3, -0.25) is 4.79 Å². The number of aliphatic hydroxyl groups excluding tert-OH is 1. The molecule has 0 bridgehead atoms. The summed E-state index contributed by atoms with van der Waals surface area (Å²) in [6.45, 7) is 3.34. The van der Waals surface area contributed by atoms with Gasteiger partial charge in [-0.25, -0.2) is 4.98 Å². The Bertz CT molecular complexity index is 719. The summed E-state index contributed by atoms with van der Waals surface area (Å²) in [5.41, 5.74) is 0.139. The zero-order valence-corrected chi connectivity index (χ0v) is 13.3. The SMILES string of the molecule is CC1(CO)CCCN(C(=O)c2cc3ccccc3c(Cl)n2)C1. The molecule has 1 atom stereocenters. The molecule has 0 aliphatic carbocycles. The van der Waals surface area contributed by atoms with Crippen LogP contribution in [-0.2, 0) is 0 Å². The third-order valence-corrected chi connectivity index (χ3v) is 4.65. The average Bonchev–Trinajstić information content (AvgIpc) is 2.54. The molecule has 116 valence electrons. The van der Waals surface area contributed by atoms with Gasteiger partial charge in [-0.1, -0.05) is 42.8 Å². The molecule has 1 N–H and O–H groups in total. The smallest absolute Gasteiger partial charge is 0.272 e. The summed E-state index contributed by atoms with van der Waals surface area (Å²) in [6, 6.07) is 9.41. The van der Waals surface area contributed by atoms with Gasteiger partial charge >= 0.3 is 0 Å². The van der Waals surface area contributed by atoms with E-state index in [2.05, 4.69) is 4.98 Å². The molecule has 0 saturated carbocycles. The molecule has 2 aromatic rings. The van der Waals surface area contributed by atoms with Crippen molar-refractivity contribution in [2.45, 2.75) is 19.8 Å². The number of halogens is 1. The zero-order chi connectivity index (χ0) is 15.7. The minimum Gasteiger partial charge on any atom is -0.396 e. The molecule has 1 fully saturated rings. The predicted octanol–water partition coefficient (Wildman–Crippen LogP) is 3.12. The van der Waals surface area contributed by atoms with E-state index in [-0.39, 0.29) is 17.9 Å². The van der Waals surface area contributed by atoms with Gasteiger partial charge in [0.1, 0.15) is 10.8 Å². The van der Waals surface area contributed by atoms with E-state index in [4.69, 9.17) is 11.6 Å². The van der Waals surface area contributed by atoms with Crippen molar-refractivity contribution >= 4 is 28.3 Å². The number of amides is 1. The maximum Gasteiger partial charge on any atom is 0.272 e. The van der Waals surface area contributed by atoms with Gasteiger partial charge in [-0.15, -0.1) is 0 Å². The molecule has 5 heteroatoms. The number of pyridine rings is 1. The quantitative estimate of drug-likeness (QED) is 0.866. The predicted molar refractivity (Wildman–Crippen MR) is 87.1 cm³/mol. The summed E-state index contributed by atoms with van der Waals surface area (Å²) in [6.07, 6.45) is 1.82. The molecule has 1 aromatic carbocycles. The monoisotopic (exact) mass is 318 g/mol. The summed E-state index contributed by atoms with van der Waals surface area (Å²) in [7, 11) is 0. The first kappa shape index (κ1) is 15.3. The van der Waals surface area contributed by atoms with E-state index in [0.29, 0.717) is 23.9 Å². The van der Waals surface area contributed by atoms with Gasteiger partial charge < -0.3 is 10.0 Å². The second-order valence-corrected chi connectivity index (χ2v) is 6.68. The number of rotatable bonds is 2. The lowest BCUT2D eigenvalue weighted by atomic mass is 9.82. The van der Waals surface area contributed by atoms with Gasteiger partial charge in [0.05, 0.1) is 6.61 Å². The molecular formula is C17H19ClN2O2. The van der Waals surface area contributed by atoms with Gasteiger partial charge in [0.2, 0.25) is 0 Å². The van der Waals surface area contributed by atoms with Crippen LogP contribution in [0.4, 0.5) is 0 Å². The number of fused-ring (bicyclic) bond motifs is 1. The standard InChI is InChI=1S/C17H19ClN2O2/c1-17(11-21)7-4-8-20(10-17)16(22)14-9-12-5-2-3-6-13(12)15(18)19-14/h2-3,5-6,9,21H,4,7-8,10-11H2,1H3. The Hall–Kier alpha value is -1.65. The van der Waals surface area contributed by atoms with Crippen LogP contribution >= 0.6 is 11.6 Å². The van der Waals surface area contributed by atoms with E-state index in [1.165, 1.54) is 0 Å². The lowest BCUT2D eigenvalue weighted by molar-refractivity contribution is 0.0354. The van der Waals surface area contributed by atoms with Crippen LogP contribution in [0.25, 0.3) is 10.8 Å². The minimum absolute atomic E-state index is 0.0860. The van der Waals surface area contributed by atoms with E-state index in [1.54, 1.807) is 11.0 Å². The second-order valence-electron chi connectivity index (χ2n) is 6.32. The summed E-state index contributed by atoms with van der Waals surface area (Å²) >= 11 is 6.21. The first-order chi connectivity index (χ1) is 10.5. The van der Waals surface area contributed by atoms with Crippen LogP contribution in [0.15, 0.2) is 30.3 Å². The zero-order valence-electron chi connectivity index (χ0n) is 12.6. The fourth-order valence-corrected chi connectivity index (χ4v) is 3.31. The third-order valence-electron chi connectivity index (χ3n) is 4.36.